The maximum atomic E-state index is 13.5. The van der Waals surface area contributed by atoms with Gasteiger partial charge in [-0.05, 0) is 67.4 Å². The van der Waals surface area contributed by atoms with Crippen molar-refractivity contribution in [2.24, 2.45) is 5.10 Å². The molecule has 0 fully saturated rings. The minimum atomic E-state index is -4.01. The van der Waals surface area contributed by atoms with Crippen LogP contribution in [0.15, 0.2) is 107 Å². The molecular weight excluding hydrogens is 526 g/mol. The Hall–Kier alpha value is -4.63. The van der Waals surface area contributed by atoms with E-state index in [0.29, 0.717) is 29.4 Å². The SMILES string of the molecule is COc1cc(/C=N\NC(=O)CN(c2ccc(C)cc2)S(=O)(=O)c2ccc(C)cc2)ccc1OCc1ccccc1. The number of nitrogens with zero attached hydrogens (tertiary/aromatic N) is 2. The number of ether oxygens (including phenoxy) is 2. The first kappa shape index (κ1) is 28.4. The van der Waals surface area contributed by atoms with E-state index in [1.54, 1.807) is 61.7 Å². The lowest BCUT2D eigenvalue weighted by atomic mass is 10.2. The van der Waals surface area contributed by atoms with Crippen molar-refractivity contribution >= 4 is 27.8 Å². The second kappa shape index (κ2) is 12.9. The van der Waals surface area contributed by atoms with E-state index < -0.39 is 22.5 Å². The molecule has 0 saturated heterocycles. The molecule has 0 atom stereocenters. The summed E-state index contributed by atoms with van der Waals surface area (Å²) < 4.78 is 39.4. The Morgan fingerprint density at radius 2 is 1.52 bits per heavy atom. The van der Waals surface area contributed by atoms with Gasteiger partial charge in [0.05, 0.1) is 23.9 Å². The third-order valence-corrected chi connectivity index (χ3v) is 7.83. The van der Waals surface area contributed by atoms with Crippen LogP contribution in [-0.4, -0.2) is 34.2 Å². The number of amides is 1. The third-order valence-electron chi connectivity index (χ3n) is 6.05. The van der Waals surface area contributed by atoms with Crippen molar-refractivity contribution in [1.82, 2.24) is 5.43 Å². The predicted molar refractivity (Wildman–Crippen MR) is 156 cm³/mol. The number of hydrazone groups is 1. The number of aryl methyl sites for hydroxylation is 2. The molecular formula is C31H31N3O5S. The van der Waals surface area contributed by atoms with Gasteiger partial charge in [-0.1, -0.05) is 65.7 Å². The van der Waals surface area contributed by atoms with E-state index in [-0.39, 0.29) is 4.90 Å². The summed E-state index contributed by atoms with van der Waals surface area (Å²) in [5.41, 5.74) is 6.39. The molecule has 0 saturated carbocycles. The normalized spacial score (nSPS) is 11.3. The van der Waals surface area contributed by atoms with Gasteiger partial charge < -0.3 is 9.47 Å². The number of anilines is 1. The molecule has 9 heteroatoms. The minimum absolute atomic E-state index is 0.0941. The van der Waals surface area contributed by atoms with E-state index in [1.165, 1.54) is 18.3 Å². The maximum Gasteiger partial charge on any atom is 0.264 e. The number of carbonyl (C=O) groups is 1. The molecule has 0 aliphatic carbocycles. The standard InChI is InChI=1S/C31H31N3O5S/c1-23-9-14-27(15-10-23)34(40(36,37)28-16-11-24(2)12-17-28)21-31(35)33-32-20-26-13-18-29(30(19-26)38-3)39-22-25-7-5-4-6-8-25/h4-20H,21-22H2,1-3H3,(H,33,35)/b32-20-. The summed E-state index contributed by atoms with van der Waals surface area (Å²) in [5, 5.41) is 4.03. The van der Waals surface area contributed by atoms with E-state index in [4.69, 9.17) is 9.47 Å². The molecule has 0 unspecified atom stereocenters. The summed E-state index contributed by atoms with van der Waals surface area (Å²) in [6.07, 6.45) is 1.45. The Morgan fingerprint density at radius 3 is 2.17 bits per heavy atom. The van der Waals surface area contributed by atoms with Crippen LogP contribution in [0.2, 0.25) is 0 Å². The maximum absolute atomic E-state index is 13.5. The average molecular weight is 558 g/mol. The molecule has 0 aliphatic heterocycles. The van der Waals surface area contributed by atoms with Gasteiger partial charge in [-0.15, -0.1) is 0 Å². The van der Waals surface area contributed by atoms with Crippen LogP contribution in [0.5, 0.6) is 11.5 Å². The number of methoxy groups -OCH3 is 1. The van der Waals surface area contributed by atoms with Crippen molar-refractivity contribution in [3.8, 4) is 11.5 Å². The Balaban J connectivity index is 1.45. The predicted octanol–water partition coefficient (Wildman–Crippen LogP) is 5.24. The zero-order valence-electron chi connectivity index (χ0n) is 22.6. The smallest absolute Gasteiger partial charge is 0.264 e. The highest BCUT2D eigenvalue weighted by atomic mass is 32.2. The fourth-order valence-corrected chi connectivity index (χ4v) is 5.25. The highest BCUT2D eigenvalue weighted by Gasteiger charge is 2.27. The van der Waals surface area contributed by atoms with Gasteiger partial charge in [0.15, 0.2) is 11.5 Å². The molecule has 206 valence electrons. The minimum Gasteiger partial charge on any atom is -0.493 e. The second-order valence-corrected chi connectivity index (χ2v) is 11.0. The van der Waals surface area contributed by atoms with Crippen molar-refractivity contribution in [2.75, 3.05) is 18.0 Å². The number of rotatable bonds is 11. The second-order valence-electron chi connectivity index (χ2n) is 9.14. The van der Waals surface area contributed by atoms with Crippen molar-refractivity contribution in [3.05, 3.63) is 119 Å². The van der Waals surface area contributed by atoms with Crippen molar-refractivity contribution in [3.63, 3.8) is 0 Å². The molecule has 0 aliphatic rings. The lowest BCUT2D eigenvalue weighted by molar-refractivity contribution is -0.119. The summed E-state index contributed by atoms with van der Waals surface area (Å²) in [6.45, 7) is 3.72. The van der Waals surface area contributed by atoms with Gasteiger partial charge in [0.25, 0.3) is 15.9 Å². The van der Waals surface area contributed by atoms with Crippen LogP contribution in [-0.2, 0) is 21.4 Å². The molecule has 0 radical (unpaired) electrons. The first-order valence-corrected chi connectivity index (χ1v) is 14.0. The summed E-state index contributed by atoms with van der Waals surface area (Å²) in [5.74, 6) is 0.492. The van der Waals surface area contributed by atoms with E-state index in [0.717, 1.165) is 21.0 Å². The molecule has 8 nitrogen and oxygen atoms in total. The van der Waals surface area contributed by atoms with Crippen LogP contribution in [0.25, 0.3) is 0 Å². The van der Waals surface area contributed by atoms with Crippen LogP contribution in [0, 0.1) is 13.8 Å². The number of hydrogen-bond acceptors (Lipinski definition) is 6. The lowest BCUT2D eigenvalue weighted by Gasteiger charge is -2.24. The molecule has 1 N–H and O–H groups in total. The fourth-order valence-electron chi connectivity index (χ4n) is 3.83. The van der Waals surface area contributed by atoms with Crippen molar-refractivity contribution < 1.29 is 22.7 Å². The molecule has 4 aromatic rings. The molecule has 1 amide bonds. The number of hydrogen-bond donors (Lipinski definition) is 1. The molecule has 0 aromatic heterocycles. The highest BCUT2D eigenvalue weighted by Crippen LogP contribution is 2.28. The summed E-state index contributed by atoms with van der Waals surface area (Å²) in [7, 11) is -2.46. The average Bonchev–Trinajstić information content (AvgIpc) is 2.96. The Kier molecular flexibility index (Phi) is 9.19. The largest absolute Gasteiger partial charge is 0.493 e. The van der Waals surface area contributed by atoms with Crippen LogP contribution in [0.4, 0.5) is 5.69 Å². The van der Waals surface area contributed by atoms with Crippen molar-refractivity contribution in [1.29, 1.82) is 0 Å². The zero-order valence-corrected chi connectivity index (χ0v) is 23.4. The fraction of sp³-hybridized carbons (Fsp3) is 0.161. The van der Waals surface area contributed by atoms with E-state index in [1.807, 2.05) is 44.2 Å². The van der Waals surface area contributed by atoms with Crippen LogP contribution < -0.4 is 19.2 Å². The molecule has 0 heterocycles. The van der Waals surface area contributed by atoms with E-state index in [2.05, 4.69) is 10.5 Å². The third kappa shape index (κ3) is 7.27. The van der Waals surface area contributed by atoms with Gasteiger partial charge in [0.2, 0.25) is 0 Å². The van der Waals surface area contributed by atoms with Gasteiger partial charge in [0, 0.05) is 0 Å². The van der Waals surface area contributed by atoms with Crippen LogP contribution in [0.1, 0.15) is 22.3 Å². The summed E-state index contributed by atoms with van der Waals surface area (Å²) >= 11 is 0. The Labute approximate surface area is 234 Å². The van der Waals surface area contributed by atoms with Crippen molar-refractivity contribution in [2.45, 2.75) is 25.3 Å². The molecule has 4 aromatic carbocycles. The number of nitrogens with one attached hydrogen (secondary N) is 1. The first-order valence-electron chi connectivity index (χ1n) is 12.6. The summed E-state index contributed by atoms with van der Waals surface area (Å²) in [4.78, 5) is 12.9. The van der Waals surface area contributed by atoms with Crippen LogP contribution in [0.3, 0.4) is 0 Å². The zero-order chi connectivity index (χ0) is 28.5. The van der Waals surface area contributed by atoms with Gasteiger partial charge >= 0.3 is 0 Å². The van der Waals surface area contributed by atoms with Gasteiger partial charge in [0.1, 0.15) is 13.2 Å². The first-order chi connectivity index (χ1) is 19.3. The highest BCUT2D eigenvalue weighted by molar-refractivity contribution is 7.92. The van der Waals surface area contributed by atoms with Gasteiger partial charge in [-0.25, -0.2) is 13.8 Å². The topological polar surface area (TPSA) is 97.3 Å². The molecule has 0 spiro atoms. The number of sulfonamides is 1. The summed E-state index contributed by atoms with van der Waals surface area (Å²) in [6, 6.07) is 28.5. The van der Waals surface area contributed by atoms with Gasteiger partial charge in [-0.3, -0.25) is 9.10 Å². The number of benzene rings is 4. The molecule has 4 rings (SSSR count). The number of carbonyl (C=O) groups excluding carboxylic acids is 1. The van der Waals surface area contributed by atoms with E-state index in [9.17, 15) is 13.2 Å². The van der Waals surface area contributed by atoms with Crippen LogP contribution >= 0.6 is 0 Å². The molecule has 40 heavy (non-hydrogen) atoms. The Morgan fingerprint density at radius 1 is 0.875 bits per heavy atom. The quantitative estimate of drug-likeness (QED) is 0.201. The Bertz CT molecular complexity index is 1570. The lowest BCUT2D eigenvalue weighted by Crippen LogP contribution is -2.39. The monoisotopic (exact) mass is 557 g/mol. The van der Waals surface area contributed by atoms with E-state index >= 15 is 0 Å². The molecule has 0 bridgehead atoms. The van der Waals surface area contributed by atoms with Gasteiger partial charge in [-0.2, -0.15) is 5.10 Å².